The molecule has 0 saturated heterocycles. The number of hydrogen-bond donors (Lipinski definition) is 3. The summed E-state index contributed by atoms with van der Waals surface area (Å²) in [5.74, 6) is -3.05. The maximum absolute atomic E-state index is 13.0. The van der Waals surface area contributed by atoms with Crippen LogP contribution in [0.4, 0.5) is 5.69 Å². The Morgan fingerprint density at radius 3 is 2.29 bits per heavy atom. The molecule has 0 aliphatic carbocycles. The first-order chi connectivity index (χ1) is 13.3. The number of pyridine rings is 1. The molecule has 0 radical (unpaired) electrons. The fourth-order valence-electron chi connectivity index (χ4n) is 2.99. The van der Waals surface area contributed by atoms with Crippen LogP contribution in [0.5, 0.6) is 0 Å². The number of benzene rings is 1. The Labute approximate surface area is 160 Å². The number of carboxylic acids is 2. The molecule has 8 nitrogen and oxygen atoms in total. The van der Waals surface area contributed by atoms with Gasteiger partial charge in [-0.25, -0.2) is 14.6 Å². The Kier molecular flexibility index (Phi) is 5.12. The first kappa shape index (κ1) is 19.1. The van der Waals surface area contributed by atoms with Gasteiger partial charge in [0.15, 0.2) is 0 Å². The monoisotopic (exact) mass is 381 g/mol. The summed E-state index contributed by atoms with van der Waals surface area (Å²) in [6.07, 6.45) is 3.19. The maximum Gasteiger partial charge on any atom is 0.335 e. The second-order valence-corrected chi connectivity index (χ2v) is 6.46. The minimum atomic E-state index is -1.28. The van der Waals surface area contributed by atoms with E-state index in [1.54, 1.807) is 10.6 Å². The van der Waals surface area contributed by atoms with Gasteiger partial charge >= 0.3 is 11.9 Å². The van der Waals surface area contributed by atoms with Crippen LogP contribution in [-0.4, -0.2) is 37.4 Å². The minimum absolute atomic E-state index is 0.0901. The molecule has 1 aromatic carbocycles. The molecule has 3 rings (SSSR count). The third kappa shape index (κ3) is 3.71. The summed E-state index contributed by atoms with van der Waals surface area (Å²) in [7, 11) is 0. The van der Waals surface area contributed by atoms with Gasteiger partial charge in [0.05, 0.1) is 16.8 Å². The zero-order chi connectivity index (χ0) is 20.4. The SMILES string of the molecule is CCCc1nc2ccc(C)cn2c1C(=O)Nc1cc(C(=O)O)cc(C(=O)O)c1. The van der Waals surface area contributed by atoms with E-state index in [0.717, 1.165) is 18.1 Å². The number of nitrogens with one attached hydrogen (secondary N) is 1. The van der Waals surface area contributed by atoms with Crippen LogP contribution in [0.1, 0.15) is 55.8 Å². The number of aryl methyl sites for hydroxylation is 2. The standard InChI is InChI=1S/C20H19N3O5/c1-3-4-15-17(23-10-11(2)5-6-16(23)22-15)18(24)21-14-8-12(19(25)26)7-13(9-14)20(27)28/h5-10H,3-4H2,1-2H3,(H,21,24)(H,25,26)(H,27,28). The molecule has 0 aliphatic rings. The second-order valence-electron chi connectivity index (χ2n) is 6.46. The van der Waals surface area contributed by atoms with Gasteiger partial charge in [0.25, 0.3) is 5.91 Å². The van der Waals surface area contributed by atoms with E-state index in [1.165, 1.54) is 12.1 Å². The van der Waals surface area contributed by atoms with Gasteiger partial charge in [-0.1, -0.05) is 19.4 Å². The lowest BCUT2D eigenvalue weighted by molar-refractivity contribution is 0.0696. The molecule has 144 valence electrons. The fraction of sp³-hybridized carbons (Fsp3) is 0.200. The Hall–Kier alpha value is -3.68. The van der Waals surface area contributed by atoms with E-state index in [2.05, 4.69) is 10.3 Å². The normalized spacial score (nSPS) is 10.8. The Bertz CT molecular complexity index is 1070. The van der Waals surface area contributed by atoms with Crippen LogP contribution in [0.2, 0.25) is 0 Å². The lowest BCUT2D eigenvalue weighted by Crippen LogP contribution is -2.17. The molecule has 0 atom stereocenters. The molecule has 0 aliphatic heterocycles. The van der Waals surface area contributed by atoms with Crippen molar-refractivity contribution in [3.05, 3.63) is 64.6 Å². The average molecular weight is 381 g/mol. The van der Waals surface area contributed by atoms with E-state index in [4.69, 9.17) is 0 Å². The van der Waals surface area contributed by atoms with Gasteiger partial charge in [0, 0.05) is 11.9 Å². The van der Waals surface area contributed by atoms with Gasteiger partial charge in [-0.3, -0.25) is 9.20 Å². The number of fused-ring (bicyclic) bond motifs is 1. The number of carbonyl (C=O) groups excluding carboxylic acids is 1. The Balaban J connectivity index is 2.06. The topological polar surface area (TPSA) is 121 Å². The van der Waals surface area contributed by atoms with Crippen molar-refractivity contribution in [1.82, 2.24) is 9.38 Å². The summed E-state index contributed by atoms with van der Waals surface area (Å²) < 4.78 is 1.69. The third-order valence-corrected chi connectivity index (χ3v) is 4.23. The predicted molar refractivity (Wildman–Crippen MR) is 102 cm³/mol. The van der Waals surface area contributed by atoms with E-state index in [1.807, 2.05) is 26.0 Å². The zero-order valence-corrected chi connectivity index (χ0v) is 15.4. The molecule has 28 heavy (non-hydrogen) atoms. The average Bonchev–Trinajstić information content (AvgIpc) is 2.98. The number of carboxylic acid groups (broad SMARTS) is 2. The molecule has 0 spiro atoms. The van der Waals surface area contributed by atoms with E-state index in [0.29, 0.717) is 23.5 Å². The summed E-state index contributed by atoms with van der Waals surface area (Å²) in [6.45, 7) is 3.88. The number of rotatable bonds is 6. The van der Waals surface area contributed by atoms with Crippen molar-refractivity contribution in [3.8, 4) is 0 Å². The molecule has 2 aromatic heterocycles. The van der Waals surface area contributed by atoms with Gasteiger partial charge in [0.2, 0.25) is 0 Å². The number of imidazole rings is 1. The van der Waals surface area contributed by atoms with Crippen molar-refractivity contribution in [3.63, 3.8) is 0 Å². The number of carbonyl (C=O) groups is 3. The van der Waals surface area contributed by atoms with Crippen molar-refractivity contribution in [2.45, 2.75) is 26.7 Å². The van der Waals surface area contributed by atoms with Gasteiger partial charge in [0.1, 0.15) is 11.3 Å². The highest BCUT2D eigenvalue weighted by atomic mass is 16.4. The third-order valence-electron chi connectivity index (χ3n) is 4.23. The molecule has 0 unspecified atom stereocenters. The Morgan fingerprint density at radius 1 is 1.07 bits per heavy atom. The second kappa shape index (κ2) is 7.51. The molecule has 1 amide bonds. The summed E-state index contributed by atoms with van der Waals surface area (Å²) in [4.78, 5) is 40.1. The van der Waals surface area contributed by atoms with E-state index >= 15 is 0 Å². The number of amides is 1. The van der Waals surface area contributed by atoms with Crippen LogP contribution < -0.4 is 5.32 Å². The van der Waals surface area contributed by atoms with Crippen molar-refractivity contribution in [1.29, 1.82) is 0 Å². The highest BCUT2D eigenvalue weighted by Gasteiger charge is 2.20. The molecule has 0 saturated carbocycles. The number of anilines is 1. The van der Waals surface area contributed by atoms with Gasteiger partial charge in [-0.2, -0.15) is 0 Å². The fourth-order valence-corrected chi connectivity index (χ4v) is 2.99. The molecule has 0 fully saturated rings. The van der Waals surface area contributed by atoms with Gasteiger partial charge in [-0.15, -0.1) is 0 Å². The number of aromatic nitrogens is 2. The van der Waals surface area contributed by atoms with Crippen LogP contribution in [0.15, 0.2) is 36.5 Å². The first-order valence-corrected chi connectivity index (χ1v) is 8.70. The lowest BCUT2D eigenvalue weighted by atomic mass is 10.1. The summed E-state index contributed by atoms with van der Waals surface area (Å²) in [6, 6.07) is 7.20. The largest absolute Gasteiger partial charge is 0.478 e. The summed E-state index contributed by atoms with van der Waals surface area (Å²) >= 11 is 0. The molecule has 3 N–H and O–H groups in total. The van der Waals surface area contributed by atoms with E-state index < -0.39 is 17.8 Å². The van der Waals surface area contributed by atoms with Crippen molar-refractivity contribution in [2.75, 3.05) is 5.32 Å². The predicted octanol–water partition coefficient (Wildman–Crippen LogP) is 3.24. The summed E-state index contributed by atoms with van der Waals surface area (Å²) in [5, 5.41) is 21.0. The van der Waals surface area contributed by atoms with E-state index in [9.17, 15) is 24.6 Å². The molecule has 3 aromatic rings. The zero-order valence-electron chi connectivity index (χ0n) is 15.4. The molecule has 8 heteroatoms. The van der Waals surface area contributed by atoms with Crippen molar-refractivity contribution < 1.29 is 24.6 Å². The number of aromatic carboxylic acids is 2. The molecular formula is C20H19N3O5. The highest BCUT2D eigenvalue weighted by molar-refractivity contribution is 6.06. The first-order valence-electron chi connectivity index (χ1n) is 8.70. The molecule has 2 heterocycles. The van der Waals surface area contributed by atoms with Gasteiger partial charge < -0.3 is 15.5 Å². The maximum atomic E-state index is 13.0. The molecular weight excluding hydrogens is 362 g/mol. The smallest absolute Gasteiger partial charge is 0.335 e. The molecule has 0 bridgehead atoms. The number of hydrogen-bond acceptors (Lipinski definition) is 4. The van der Waals surface area contributed by atoms with Crippen LogP contribution >= 0.6 is 0 Å². The Morgan fingerprint density at radius 2 is 1.71 bits per heavy atom. The van der Waals surface area contributed by atoms with Crippen LogP contribution in [-0.2, 0) is 6.42 Å². The van der Waals surface area contributed by atoms with Crippen LogP contribution in [0, 0.1) is 6.92 Å². The number of nitrogens with zero attached hydrogens (tertiary/aromatic N) is 2. The van der Waals surface area contributed by atoms with Crippen LogP contribution in [0.25, 0.3) is 5.65 Å². The van der Waals surface area contributed by atoms with Crippen molar-refractivity contribution >= 4 is 29.2 Å². The van der Waals surface area contributed by atoms with Crippen molar-refractivity contribution in [2.24, 2.45) is 0 Å². The van der Waals surface area contributed by atoms with E-state index in [-0.39, 0.29) is 16.8 Å². The highest BCUT2D eigenvalue weighted by Crippen LogP contribution is 2.20. The minimum Gasteiger partial charge on any atom is -0.478 e. The van der Waals surface area contributed by atoms with Gasteiger partial charge in [-0.05, 0) is 43.2 Å². The van der Waals surface area contributed by atoms with Crippen LogP contribution in [0.3, 0.4) is 0 Å². The lowest BCUT2D eigenvalue weighted by Gasteiger charge is -2.09. The quantitative estimate of drug-likeness (QED) is 0.603. The summed E-state index contributed by atoms with van der Waals surface area (Å²) in [5.41, 5.74) is 2.19.